The first-order chi connectivity index (χ1) is 45.5. The van der Waals surface area contributed by atoms with Crippen LogP contribution < -0.4 is 5.32 Å². The zero-order chi connectivity index (χ0) is 66.3. The van der Waals surface area contributed by atoms with E-state index in [1.165, 1.54) is 411 Å². The minimum atomic E-state index is -0.662. The van der Waals surface area contributed by atoms with E-state index in [0.717, 1.165) is 44.9 Å². The van der Waals surface area contributed by atoms with Gasteiger partial charge in [0, 0.05) is 12.8 Å². The van der Waals surface area contributed by atoms with Crippen LogP contribution in [0.5, 0.6) is 0 Å². The first-order valence-corrected chi connectivity index (χ1v) is 42.6. The molecule has 0 aromatic heterocycles. The number of rotatable bonds is 81. The fourth-order valence-corrected chi connectivity index (χ4v) is 13.8. The third-order valence-electron chi connectivity index (χ3n) is 20.2. The van der Waals surface area contributed by atoms with Crippen molar-refractivity contribution in [2.24, 2.45) is 0 Å². The molecule has 0 bridgehead atoms. The molecule has 6 heteroatoms. The lowest BCUT2D eigenvalue weighted by Crippen LogP contribution is -2.45. The first-order valence-electron chi connectivity index (χ1n) is 42.6. The van der Waals surface area contributed by atoms with Gasteiger partial charge in [-0.2, -0.15) is 0 Å². The van der Waals surface area contributed by atoms with E-state index in [2.05, 4.69) is 43.5 Å². The van der Waals surface area contributed by atoms with Crippen molar-refractivity contribution in [3.05, 3.63) is 24.3 Å². The van der Waals surface area contributed by atoms with Gasteiger partial charge in [0.2, 0.25) is 5.91 Å². The monoisotopic (exact) mass is 1290 g/mol. The van der Waals surface area contributed by atoms with E-state index in [9.17, 15) is 19.8 Å². The molecule has 0 aliphatic heterocycles. The zero-order valence-electron chi connectivity index (χ0n) is 62.8. The summed E-state index contributed by atoms with van der Waals surface area (Å²) in [5, 5.41) is 23.5. The van der Waals surface area contributed by atoms with Crippen molar-refractivity contribution in [2.75, 3.05) is 13.2 Å². The summed E-state index contributed by atoms with van der Waals surface area (Å²) in [6, 6.07) is -0.539. The highest BCUT2D eigenvalue weighted by atomic mass is 16.5. The summed E-state index contributed by atoms with van der Waals surface area (Å²) < 4.78 is 5.50. The van der Waals surface area contributed by atoms with Crippen molar-refractivity contribution in [3.8, 4) is 0 Å². The van der Waals surface area contributed by atoms with Gasteiger partial charge in [0.15, 0.2) is 0 Å². The van der Waals surface area contributed by atoms with Crippen LogP contribution >= 0.6 is 0 Å². The normalized spacial score (nSPS) is 12.5. The van der Waals surface area contributed by atoms with Gasteiger partial charge in [-0.15, -0.1) is 0 Å². The van der Waals surface area contributed by atoms with Gasteiger partial charge < -0.3 is 20.3 Å². The second-order valence-electron chi connectivity index (χ2n) is 29.5. The van der Waals surface area contributed by atoms with Crippen LogP contribution in [-0.2, 0) is 14.3 Å². The Kier molecular flexibility index (Phi) is 80.3. The summed E-state index contributed by atoms with van der Waals surface area (Å²) in [6.07, 6.45) is 106. The summed E-state index contributed by atoms with van der Waals surface area (Å²) in [5.74, 6) is -0.00936. The van der Waals surface area contributed by atoms with Crippen LogP contribution in [0.4, 0.5) is 0 Å². The molecule has 0 aliphatic rings. The number of nitrogens with one attached hydrogen (secondary N) is 1. The standard InChI is InChI=1S/C86H167NO5/c1-3-5-7-9-11-13-15-17-19-20-21-41-44-47-51-54-58-62-66-70-74-78-84(89)83(82-88)87-85(90)79-75-71-67-63-59-55-52-48-45-42-39-37-35-33-31-29-27-25-23-22-24-26-28-30-32-34-36-38-40-43-46-49-53-57-61-65-69-73-77-81-92-86(91)80-76-72-68-64-60-56-50-18-16-14-12-10-8-6-4-2/h18,22-23,50,83-84,88-89H,3-17,19-21,24-49,51-82H2,1-2H3,(H,87,90)/b23-22-,50-18-. The lowest BCUT2D eigenvalue weighted by Gasteiger charge is -2.22. The fraction of sp³-hybridized carbons (Fsp3) is 0.930. The number of unbranched alkanes of at least 4 members (excludes halogenated alkanes) is 66. The zero-order valence-corrected chi connectivity index (χ0v) is 62.8. The summed E-state index contributed by atoms with van der Waals surface area (Å²) in [6.45, 7) is 5.00. The van der Waals surface area contributed by atoms with E-state index in [-0.39, 0.29) is 18.5 Å². The maximum atomic E-state index is 12.6. The minimum Gasteiger partial charge on any atom is -0.466 e. The SMILES string of the molecule is CCCCCCCC/C=C\CCCCCCCC(=O)OCCCCCCCCCCCCCCCCCCCC/C=C\CCCCCCCCCCCCCCCCCCCC(=O)NC(CO)C(O)CCCCCCCCCCCCCCCCCCCCCCC. The Bertz CT molecular complexity index is 1450. The molecule has 2 atom stereocenters. The largest absolute Gasteiger partial charge is 0.466 e. The summed E-state index contributed by atoms with van der Waals surface area (Å²) in [4.78, 5) is 24.7. The summed E-state index contributed by atoms with van der Waals surface area (Å²) >= 11 is 0. The van der Waals surface area contributed by atoms with Crippen molar-refractivity contribution >= 4 is 11.9 Å². The Balaban J connectivity index is 3.32. The van der Waals surface area contributed by atoms with Crippen LogP contribution in [-0.4, -0.2) is 47.4 Å². The molecule has 6 nitrogen and oxygen atoms in total. The van der Waals surface area contributed by atoms with E-state index in [1.54, 1.807) is 0 Å². The molecule has 0 saturated carbocycles. The number of carbonyl (C=O) groups is 2. The number of carbonyl (C=O) groups excluding carboxylic acids is 2. The second-order valence-corrected chi connectivity index (χ2v) is 29.5. The smallest absolute Gasteiger partial charge is 0.305 e. The van der Waals surface area contributed by atoms with Crippen LogP contribution in [0.3, 0.4) is 0 Å². The molecule has 1 amide bonds. The predicted octanol–water partition coefficient (Wildman–Crippen LogP) is 28.4. The van der Waals surface area contributed by atoms with Crippen molar-refractivity contribution < 1.29 is 24.5 Å². The van der Waals surface area contributed by atoms with Gasteiger partial charge in [-0.3, -0.25) is 9.59 Å². The molecular formula is C86H167NO5. The molecule has 0 aromatic carbocycles. The quantitative estimate of drug-likeness (QED) is 0.0320. The second kappa shape index (κ2) is 81.8. The molecule has 2 unspecified atom stereocenters. The molecule has 0 aliphatic carbocycles. The molecule has 0 fully saturated rings. The van der Waals surface area contributed by atoms with Crippen LogP contribution in [0.1, 0.15) is 489 Å². The molecule has 0 rings (SSSR count). The van der Waals surface area contributed by atoms with Gasteiger partial charge in [0.25, 0.3) is 0 Å². The molecule has 0 radical (unpaired) electrons. The number of amides is 1. The fourth-order valence-electron chi connectivity index (χ4n) is 13.8. The van der Waals surface area contributed by atoms with Crippen molar-refractivity contribution in [3.63, 3.8) is 0 Å². The molecule has 0 saturated heterocycles. The van der Waals surface area contributed by atoms with Crippen LogP contribution in [0.25, 0.3) is 0 Å². The number of aliphatic hydroxyl groups is 2. The predicted molar refractivity (Wildman–Crippen MR) is 407 cm³/mol. The van der Waals surface area contributed by atoms with Gasteiger partial charge in [-0.1, -0.05) is 423 Å². The highest BCUT2D eigenvalue weighted by Crippen LogP contribution is 2.21. The first kappa shape index (κ1) is 90.3. The topological polar surface area (TPSA) is 95.9 Å². The number of aliphatic hydroxyl groups excluding tert-OH is 2. The maximum absolute atomic E-state index is 12.6. The Hall–Kier alpha value is -1.66. The van der Waals surface area contributed by atoms with E-state index in [0.29, 0.717) is 25.9 Å². The van der Waals surface area contributed by atoms with Crippen molar-refractivity contribution in [1.82, 2.24) is 5.32 Å². The third-order valence-corrected chi connectivity index (χ3v) is 20.2. The number of hydrogen-bond acceptors (Lipinski definition) is 5. The molecular weight excluding hydrogens is 1130 g/mol. The van der Waals surface area contributed by atoms with Crippen LogP contribution in [0, 0.1) is 0 Å². The highest BCUT2D eigenvalue weighted by Gasteiger charge is 2.20. The number of ether oxygens (including phenoxy) is 1. The number of esters is 1. The Morgan fingerprint density at radius 3 is 0.772 bits per heavy atom. The molecule has 0 spiro atoms. The average Bonchev–Trinajstić information content (AvgIpc) is 3.76. The van der Waals surface area contributed by atoms with Gasteiger partial charge in [-0.05, 0) is 77.0 Å². The van der Waals surface area contributed by atoms with Crippen molar-refractivity contribution in [2.45, 2.75) is 501 Å². The number of allylic oxidation sites excluding steroid dienone is 4. The Morgan fingerprint density at radius 1 is 0.293 bits per heavy atom. The maximum Gasteiger partial charge on any atom is 0.305 e. The van der Waals surface area contributed by atoms with E-state index in [1.807, 2.05) is 0 Å². The lowest BCUT2D eigenvalue weighted by atomic mass is 10.0. The third kappa shape index (κ3) is 77.3. The van der Waals surface area contributed by atoms with Gasteiger partial charge in [0.1, 0.15) is 0 Å². The lowest BCUT2D eigenvalue weighted by molar-refractivity contribution is -0.143. The van der Waals surface area contributed by atoms with E-state index in [4.69, 9.17) is 4.74 Å². The number of hydrogen-bond donors (Lipinski definition) is 3. The van der Waals surface area contributed by atoms with Gasteiger partial charge in [0.05, 0.1) is 25.4 Å². The minimum absolute atomic E-state index is 0.0156. The highest BCUT2D eigenvalue weighted by molar-refractivity contribution is 5.76. The summed E-state index contributed by atoms with van der Waals surface area (Å²) in [7, 11) is 0. The molecule has 0 aromatic rings. The Morgan fingerprint density at radius 2 is 0.511 bits per heavy atom. The average molecular weight is 1300 g/mol. The van der Waals surface area contributed by atoms with E-state index < -0.39 is 12.1 Å². The molecule has 546 valence electrons. The van der Waals surface area contributed by atoms with E-state index >= 15 is 0 Å². The summed E-state index contributed by atoms with van der Waals surface area (Å²) in [5.41, 5.74) is 0. The molecule has 3 N–H and O–H groups in total. The van der Waals surface area contributed by atoms with Crippen LogP contribution in [0.15, 0.2) is 24.3 Å². The molecule has 0 heterocycles. The molecule has 92 heavy (non-hydrogen) atoms. The van der Waals surface area contributed by atoms with Crippen molar-refractivity contribution in [1.29, 1.82) is 0 Å². The van der Waals surface area contributed by atoms with Gasteiger partial charge in [-0.25, -0.2) is 0 Å². The Labute approximate surface area is 577 Å². The van der Waals surface area contributed by atoms with Crippen LogP contribution in [0.2, 0.25) is 0 Å². The van der Waals surface area contributed by atoms with Gasteiger partial charge >= 0.3 is 5.97 Å².